The second-order valence-electron chi connectivity index (χ2n) is 9.78. The lowest BCUT2D eigenvalue weighted by Crippen LogP contribution is -2.21. The van der Waals surface area contributed by atoms with E-state index < -0.39 is 28.7 Å². The van der Waals surface area contributed by atoms with Crippen LogP contribution < -0.4 is 15.2 Å². The first-order valence-corrected chi connectivity index (χ1v) is 15.2. The number of carbonyl (C=O) groups excluding carboxylic acids is 1. The SMILES string of the molecule is Nc1ccc(S(=O)(=O)n2cccc2C(=O)OC(Cc2c(Cl)cncc2Cl)c2ccc(OC(F)F)c(OCC3CC3)c2)cc1. The maximum atomic E-state index is 13.6. The van der Waals surface area contributed by atoms with Crippen molar-refractivity contribution in [3.8, 4) is 11.5 Å². The molecule has 0 saturated heterocycles. The Morgan fingerprint density at radius 2 is 1.74 bits per heavy atom. The Kier molecular flexibility index (Phi) is 9.09. The standard InChI is InChI=1S/C29H25Cl2F2N3O6S/c30-22-14-35-15-23(31)21(22)13-26(18-5-10-25(42-29(32)33)27(12-18)40-16-17-3-4-17)41-28(37)24-2-1-11-36(24)43(38,39)20-8-6-19(34)7-9-20/h1-2,5-12,14-15,17,26,29H,3-4,13,16,34H2. The highest BCUT2D eigenvalue weighted by Gasteiger charge is 2.29. The Labute approximate surface area is 256 Å². The lowest BCUT2D eigenvalue weighted by atomic mass is 10.0. The van der Waals surface area contributed by atoms with Crippen molar-refractivity contribution in [1.29, 1.82) is 0 Å². The number of benzene rings is 2. The predicted molar refractivity (Wildman–Crippen MR) is 155 cm³/mol. The second kappa shape index (κ2) is 12.8. The van der Waals surface area contributed by atoms with Crippen LogP contribution >= 0.6 is 23.2 Å². The maximum absolute atomic E-state index is 13.6. The molecular formula is C29H25Cl2F2N3O6S. The van der Waals surface area contributed by atoms with Crippen LogP contribution in [0.3, 0.4) is 0 Å². The van der Waals surface area contributed by atoms with Gasteiger partial charge in [0.25, 0.3) is 10.0 Å². The molecule has 1 unspecified atom stereocenters. The number of carbonyl (C=O) groups is 1. The van der Waals surface area contributed by atoms with E-state index >= 15 is 0 Å². The first-order valence-electron chi connectivity index (χ1n) is 13.0. The molecule has 1 atom stereocenters. The lowest BCUT2D eigenvalue weighted by molar-refractivity contribution is -0.0515. The molecule has 0 aliphatic heterocycles. The quantitative estimate of drug-likeness (QED) is 0.135. The summed E-state index contributed by atoms with van der Waals surface area (Å²) in [6.45, 7) is -2.79. The Hall–Kier alpha value is -3.87. The van der Waals surface area contributed by atoms with Gasteiger partial charge in [0, 0.05) is 30.7 Å². The Morgan fingerprint density at radius 1 is 1.05 bits per heavy atom. The predicted octanol–water partition coefficient (Wildman–Crippen LogP) is 6.54. The van der Waals surface area contributed by atoms with Crippen LogP contribution in [0, 0.1) is 5.92 Å². The smallest absolute Gasteiger partial charge is 0.387 e. The van der Waals surface area contributed by atoms with E-state index in [1.165, 1.54) is 73.2 Å². The van der Waals surface area contributed by atoms with Gasteiger partial charge in [0.05, 0.1) is 21.5 Å². The number of anilines is 1. The van der Waals surface area contributed by atoms with E-state index in [4.69, 9.17) is 38.4 Å². The molecule has 5 rings (SSSR count). The number of nitrogen functional groups attached to an aromatic ring is 1. The molecular weight excluding hydrogens is 627 g/mol. The van der Waals surface area contributed by atoms with Crippen LogP contribution in [0.4, 0.5) is 14.5 Å². The van der Waals surface area contributed by atoms with E-state index in [9.17, 15) is 22.0 Å². The molecule has 43 heavy (non-hydrogen) atoms. The highest BCUT2D eigenvalue weighted by atomic mass is 35.5. The summed E-state index contributed by atoms with van der Waals surface area (Å²) >= 11 is 12.7. The van der Waals surface area contributed by atoms with Gasteiger partial charge in [0.1, 0.15) is 11.8 Å². The topological polar surface area (TPSA) is 123 Å². The van der Waals surface area contributed by atoms with Crippen LogP contribution in [0.15, 0.2) is 78.1 Å². The van der Waals surface area contributed by atoms with Gasteiger partial charge in [-0.3, -0.25) is 4.98 Å². The van der Waals surface area contributed by atoms with Gasteiger partial charge in [-0.15, -0.1) is 0 Å². The number of ether oxygens (including phenoxy) is 3. The summed E-state index contributed by atoms with van der Waals surface area (Å²) in [5.74, 6) is -0.828. The van der Waals surface area contributed by atoms with Crippen LogP contribution in [0.1, 0.15) is 40.6 Å². The van der Waals surface area contributed by atoms with Gasteiger partial charge < -0.3 is 19.9 Å². The lowest BCUT2D eigenvalue weighted by Gasteiger charge is -2.22. The zero-order valence-electron chi connectivity index (χ0n) is 22.3. The normalized spacial score (nSPS) is 14.0. The molecule has 0 amide bonds. The van der Waals surface area contributed by atoms with Gasteiger partial charge in [-0.1, -0.05) is 29.3 Å². The van der Waals surface area contributed by atoms with Crippen LogP contribution in [-0.4, -0.2) is 36.6 Å². The van der Waals surface area contributed by atoms with E-state index in [0.717, 1.165) is 16.8 Å². The van der Waals surface area contributed by atoms with Crippen molar-refractivity contribution in [3.63, 3.8) is 0 Å². The summed E-state index contributed by atoms with van der Waals surface area (Å²) in [6, 6.07) is 12.3. The minimum Gasteiger partial charge on any atom is -0.489 e. The Balaban J connectivity index is 1.50. The van der Waals surface area contributed by atoms with Gasteiger partial charge in [0.2, 0.25) is 0 Å². The number of pyridine rings is 1. The number of nitrogens with two attached hydrogens (primary N) is 1. The Morgan fingerprint density at radius 3 is 2.40 bits per heavy atom. The minimum atomic E-state index is -4.19. The molecule has 0 spiro atoms. The van der Waals surface area contributed by atoms with Crippen molar-refractivity contribution < 1.29 is 36.2 Å². The van der Waals surface area contributed by atoms with E-state index in [0.29, 0.717) is 29.3 Å². The first-order chi connectivity index (χ1) is 20.5. The fraction of sp³-hybridized carbons (Fsp3) is 0.241. The van der Waals surface area contributed by atoms with Gasteiger partial charge >= 0.3 is 12.6 Å². The second-order valence-corrected chi connectivity index (χ2v) is 12.4. The Bertz CT molecular complexity index is 1710. The zero-order valence-corrected chi connectivity index (χ0v) is 24.7. The van der Waals surface area contributed by atoms with Crippen molar-refractivity contribution in [2.75, 3.05) is 12.3 Å². The third-order valence-electron chi connectivity index (χ3n) is 6.68. The largest absolute Gasteiger partial charge is 0.489 e. The summed E-state index contributed by atoms with van der Waals surface area (Å²) in [7, 11) is -4.19. The summed E-state index contributed by atoms with van der Waals surface area (Å²) in [6.07, 6.45) is 4.70. The average Bonchev–Trinajstić information content (AvgIpc) is 3.65. The van der Waals surface area contributed by atoms with Crippen LogP contribution in [0.2, 0.25) is 10.0 Å². The molecule has 9 nitrogen and oxygen atoms in total. The first kappa shape index (κ1) is 30.6. The van der Waals surface area contributed by atoms with Gasteiger partial charge in [-0.2, -0.15) is 8.78 Å². The highest BCUT2D eigenvalue weighted by Crippen LogP contribution is 2.38. The molecule has 14 heteroatoms. The molecule has 4 aromatic rings. The van der Waals surface area contributed by atoms with Crippen molar-refractivity contribution >= 4 is 44.9 Å². The molecule has 2 heterocycles. The van der Waals surface area contributed by atoms with Gasteiger partial charge in [-0.05, 0) is 78.4 Å². The number of rotatable bonds is 12. The van der Waals surface area contributed by atoms with Gasteiger partial charge in [0.15, 0.2) is 11.5 Å². The fourth-order valence-electron chi connectivity index (χ4n) is 4.25. The molecule has 0 radical (unpaired) electrons. The molecule has 226 valence electrons. The van der Waals surface area contributed by atoms with Crippen LogP contribution in [0.5, 0.6) is 11.5 Å². The van der Waals surface area contributed by atoms with Crippen molar-refractivity contribution in [1.82, 2.24) is 8.96 Å². The van der Waals surface area contributed by atoms with E-state index in [-0.39, 0.29) is 38.6 Å². The molecule has 2 aromatic heterocycles. The molecule has 2 N–H and O–H groups in total. The van der Waals surface area contributed by atoms with Crippen molar-refractivity contribution in [2.24, 2.45) is 5.92 Å². The van der Waals surface area contributed by atoms with Crippen LogP contribution in [-0.2, 0) is 21.2 Å². The number of hydrogen-bond donors (Lipinski definition) is 1. The fourth-order valence-corrected chi connectivity index (χ4v) is 6.10. The summed E-state index contributed by atoms with van der Waals surface area (Å²) in [5.41, 5.74) is 6.51. The molecule has 1 fully saturated rings. The number of esters is 1. The number of aromatic nitrogens is 2. The van der Waals surface area contributed by atoms with E-state index in [1.54, 1.807) is 0 Å². The van der Waals surface area contributed by atoms with Gasteiger partial charge in [-0.25, -0.2) is 17.2 Å². The molecule has 2 aromatic carbocycles. The summed E-state index contributed by atoms with van der Waals surface area (Å²) in [4.78, 5) is 17.4. The molecule has 1 saturated carbocycles. The molecule has 0 bridgehead atoms. The third kappa shape index (κ3) is 7.20. The number of halogens is 4. The minimum absolute atomic E-state index is 0.0342. The van der Waals surface area contributed by atoms with E-state index in [1.807, 2.05) is 0 Å². The number of nitrogens with zero attached hydrogens (tertiary/aromatic N) is 2. The summed E-state index contributed by atoms with van der Waals surface area (Å²) < 4.78 is 70.0. The molecule has 1 aliphatic carbocycles. The van der Waals surface area contributed by atoms with Crippen LogP contribution in [0.25, 0.3) is 0 Å². The summed E-state index contributed by atoms with van der Waals surface area (Å²) in [5, 5.41) is 0.399. The molecule has 1 aliphatic rings. The zero-order chi connectivity index (χ0) is 30.7. The highest BCUT2D eigenvalue weighted by molar-refractivity contribution is 7.90. The third-order valence-corrected chi connectivity index (χ3v) is 9.03. The van der Waals surface area contributed by atoms with E-state index in [2.05, 4.69) is 9.72 Å². The number of hydrogen-bond acceptors (Lipinski definition) is 8. The van der Waals surface area contributed by atoms with Crippen molar-refractivity contribution in [2.45, 2.75) is 36.9 Å². The maximum Gasteiger partial charge on any atom is 0.387 e. The number of alkyl halides is 2. The average molecular weight is 653 g/mol. The monoisotopic (exact) mass is 651 g/mol. The van der Waals surface area contributed by atoms with Crippen molar-refractivity contribution in [3.05, 3.63) is 100 Å².